The van der Waals surface area contributed by atoms with Crippen molar-refractivity contribution in [3.05, 3.63) is 35.4 Å². The molecule has 2 rings (SSSR count). The fourth-order valence-electron chi connectivity index (χ4n) is 2.27. The first-order valence-corrected chi connectivity index (χ1v) is 6.88. The summed E-state index contributed by atoms with van der Waals surface area (Å²) in [4.78, 5) is 13.6. The number of nitrogens with zero attached hydrogens (tertiary/aromatic N) is 1. The molecule has 1 amide bonds. The first kappa shape index (κ1) is 14.9. The molecule has 1 heterocycles. The Morgan fingerprint density at radius 3 is 2.65 bits per heavy atom. The van der Waals surface area contributed by atoms with Crippen LogP contribution in [0.4, 0.5) is 8.78 Å². The Balaban J connectivity index is 2.23. The van der Waals surface area contributed by atoms with Crippen LogP contribution in [0.25, 0.3) is 0 Å². The second-order valence-corrected chi connectivity index (χ2v) is 5.72. The Morgan fingerprint density at radius 2 is 2.05 bits per heavy atom. The maximum Gasteiger partial charge on any atom is 0.238 e. The lowest BCUT2D eigenvalue weighted by Gasteiger charge is -2.29. The van der Waals surface area contributed by atoms with Gasteiger partial charge in [-0.15, -0.1) is 0 Å². The van der Waals surface area contributed by atoms with Crippen molar-refractivity contribution in [1.29, 1.82) is 0 Å². The largest absolute Gasteiger partial charge is 0.321 e. The number of carbonyl (C=O) groups is 1. The molecule has 0 bridgehead atoms. The van der Waals surface area contributed by atoms with Crippen LogP contribution in [0, 0.1) is 23.5 Å². The van der Waals surface area contributed by atoms with Gasteiger partial charge in [-0.25, -0.2) is 8.78 Å². The van der Waals surface area contributed by atoms with Crippen LogP contribution in [0.5, 0.6) is 0 Å². The van der Waals surface area contributed by atoms with Gasteiger partial charge in [0.25, 0.3) is 0 Å². The number of halogens is 2. The molecule has 1 fully saturated rings. The van der Waals surface area contributed by atoms with Gasteiger partial charge in [-0.1, -0.05) is 20.8 Å². The summed E-state index contributed by atoms with van der Waals surface area (Å²) < 4.78 is 26.9. The molecule has 110 valence electrons. The van der Waals surface area contributed by atoms with Gasteiger partial charge in [0, 0.05) is 18.2 Å². The Labute approximate surface area is 118 Å². The standard InChI is InChI=1S/C15H20F2N2O/c1-9(2)10(3)8-19-14(20)7-18-15(19)12-5-4-11(16)6-13(12)17/h4-6,9-10,15,18H,7-8H2,1-3H3. The second kappa shape index (κ2) is 5.87. The summed E-state index contributed by atoms with van der Waals surface area (Å²) >= 11 is 0. The van der Waals surface area contributed by atoms with Crippen molar-refractivity contribution in [1.82, 2.24) is 10.2 Å². The van der Waals surface area contributed by atoms with Gasteiger partial charge in [-0.2, -0.15) is 0 Å². The highest BCUT2D eigenvalue weighted by atomic mass is 19.1. The van der Waals surface area contributed by atoms with Crippen LogP contribution in [-0.4, -0.2) is 23.9 Å². The minimum Gasteiger partial charge on any atom is -0.321 e. The molecule has 1 aliphatic heterocycles. The molecule has 0 saturated carbocycles. The monoisotopic (exact) mass is 282 g/mol. The van der Waals surface area contributed by atoms with Crippen LogP contribution in [0.3, 0.4) is 0 Å². The van der Waals surface area contributed by atoms with Crippen LogP contribution < -0.4 is 5.32 Å². The van der Waals surface area contributed by atoms with Crippen molar-refractivity contribution in [3.63, 3.8) is 0 Å². The van der Waals surface area contributed by atoms with Crippen molar-refractivity contribution in [2.24, 2.45) is 11.8 Å². The van der Waals surface area contributed by atoms with E-state index in [0.29, 0.717) is 23.9 Å². The number of amides is 1. The third-order valence-electron chi connectivity index (χ3n) is 3.96. The Hall–Kier alpha value is -1.49. The van der Waals surface area contributed by atoms with E-state index in [1.54, 1.807) is 4.90 Å². The molecule has 0 aromatic heterocycles. The maximum atomic E-state index is 13.9. The number of hydrogen-bond acceptors (Lipinski definition) is 2. The number of benzene rings is 1. The van der Waals surface area contributed by atoms with Crippen LogP contribution in [-0.2, 0) is 4.79 Å². The van der Waals surface area contributed by atoms with E-state index < -0.39 is 17.8 Å². The first-order chi connectivity index (χ1) is 9.40. The van der Waals surface area contributed by atoms with Gasteiger partial charge in [0.2, 0.25) is 5.91 Å². The van der Waals surface area contributed by atoms with E-state index >= 15 is 0 Å². The van der Waals surface area contributed by atoms with E-state index in [2.05, 4.69) is 26.1 Å². The third-order valence-corrected chi connectivity index (χ3v) is 3.96. The zero-order valence-electron chi connectivity index (χ0n) is 12.0. The summed E-state index contributed by atoms with van der Waals surface area (Å²) in [6.07, 6.45) is -0.510. The Bertz CT molecular complexity index is 505. The summed E-state index contributed by atoms with van der Waals surface area (Å²) in [6, 6.07) is 3.46. The van der Waals surface area contributed by atoms with Crippen LogP contribution in [0.15, 0.2) is 18.2 Å². The van der Waals surface area contributed by atoms with Crippen LogP contribution >= 0.6 is 0 Å². The lowest BCUT2D eigenvalue weighted by Crippen LogP contribution is -2.35. The molecule has 1 aromatic carbocycles. The molecule has 1 N–H and O–H groups in total. The molecule has 1 aliphatic rings. The number of rotatable bonds is 4. The molecule has 20 heavy (non-hydrogen) atoms. The predicted octanol–water partition coefficient (Wildman–Crippen LogP) is 2.69. The Kier molecular flexibility index (Phi) is 4.38. The number of hydrogen-bond donors (Lipinski definition) is 1. The molecular weight excluding hydrogens is 262 g/mol. The normalized spacial score (nSPS) is 20.8. The van der Waals surface area contributed by atoms with Gasteiger partial charge in [-0.05, 0) is 24.0 Å². The average Bonchev–Trinajstić information content (AvgIpc) is 2.71. The zero-order chi connectivity index (χ0) is 14.9. The lowest BCUT2D eigenvalue weighted by atomic mass is 9.97. The first-order valence-electron chi connectivity index (χ1n) is 6.88. The third kappa shape index (κ3) is 2.98. The minimum atomic E-state index is -0.626. The molecule has 1 saturated heterocycles. The summed E-state index contributed by atoms with van der Waals surface area (Å²) in [7, 11) is 0. The van der Waals surface area contributed by atoms with E-state index in [1.165, 1.54) is 12.1 Å². The lowest BCUT2D eigenvalue weighted by molar-refractivity contribution is -0.128. The molecular formula is C15H20F2N2O. The van der Waals surface area contributed by atoms with Crippen molar-refractivity contribution < 1.29 is 13.6 Å². The SMILES string of the molecule is CC(C)C(C)CN1C(=O)CNC1c1ccc(F)cc1F. The average molecular weight is 282 g/mol. The summed E-state index contributed by atoms with van der Waals surface area (Å²) in [5.74, 6) is -0.546. The highest BCUT2D eigenvalue weighted by Gasteiger charge is 2.34. The smallest absolute Gasteiger partial charge is 0.238 e. The second-order valence-electron chi connectivity index (χ2n) is 5.72. The molecule has 2 atom stereocenters. The number of carbonyl (C=O) groups excluding carboxylic acids is 1. The summed E-state index contributed by atoms with van der Waals surface area (Å²) in [5.41, 5.74) is 0.313. The molecule has 0 radical (unpaired) electrons. The predicted molar refractivity (Wildman–Crippen MR) is 72.8 cm³/mol. The van der Waals surface area contributed by atoms with Crippen molar-refractivity contribution >= 4 is 5.91 Å². The molecule has 5 heteroatoms. The van der Waals surface area contributed by atoms with Gasteiger partial charge < -0.3 is 4.90 Å². The van der Waals surface area contributed by atoms with Crippen LogP contribution in [0.2, 0.25) is 0 Å². The van der Waals surface area contributed by atoms with E-state index in [4.69, 9.17) is 0 Å². The van der Waals surface area contributed by atoms with Crippen molar-refractivity contribution in [2.75, 3.05) is 13.1 Å². The highest BCUT2D eigenvalue weighted by molar-refractivity contribution is 5.81. The fraction of sp³-hybridized carbons (Fsp3) is 0.533. The van der Waals surface area contributed by atoms with E-state index in [9.17, 15) is 13.6 Å². The molecule has 0 spiro atoms. The van der Waals surface area contributed by atoms with E-state index in [-0.39, 0.29) is 12.5 Å². The molecule has 1 aromatic rings. The Morgan fingerprint density at radius 1 is 1.35 bits per heavy atom. The minimum absolute atomic E-state index is 0.0498. The van der Waals surface area contributed by atoms with Crippen molar-refractivity contribution in [3.8, 4) is 0 Å². The van der Waals surface area contributed by atoms with Crippen LogP contribution in [0.1, 0.15) is 32.5 Å². The topological polar surface area (TPSA) is 32.3 Å². The van der Waals surface area contributed by atoms with E-state index in [1.807, 2.05) is 0 Å². The maximum absolute atomic E-state index is 13.9. The van der Waals surface area contributed by atoms with Gasteiger partial charge >= 0.3 is 0 Å². The zero-order valence-corrected chi connectivity index (χ0v) is 12.0. The number of nitrogens with one attached hydrogen (secondary N) is 1. The summed E-state index contributed by atoms with van der Waals surface area (Å²) in [5, 5.41) is 2.99. The van der Waals surface area contributed by atoms with Gasteiger partial charge in [-0.3, -0.25) is 10.1 Å². The van der Waals surface area contributed by atoms with E-state index in [0.717, 1.165) is 6.07 Å². The van der Waals surface area contributed by atoms with Gasteiger partial charge in [0.05, 0.1) is 6.54 Å². The molecule has 0 aliphatic carbocycles. The molecule has 3 nitrogen and oxygen atoms in total. The quantitative estimate of drug-likeness (QED) is 0.921. The fourth-order valence-corrected chi connectivity index (χ4v) is 2.27. The molecule has 2 unspecified atom stereocenters. The van der Waals surface area contributed by atoms with Gasteiger partial charge in [0.15, 0.2) is 0 Å². The van der Waals surface area contributed by atoms with Crippen molar-refractivity contribution in [2.45, 2.75) is 26.9 Å². The van der Waals surface area contributed by atoms with Gasteiger partial charge in [0.1, 0.15) is 17.8 Å². The summed E-state index contributed by atoms with van der Waals surface area (Å²) in [6.45, 7) is 6.99. The highest BCUT2D eigenvalue weighted by Crippen LogP contribution is 2.27.